The molecule has 2 aliphatic rings. The minimum Gasteiger partial charge on any atom is -0.366 e. The molecule has 92 valence electrons. The summed E-state index contributed by atoms with van der Waals surface area (Å²) >= 11 is 0. The van der Waals surface area contributed by atoms with Crippen molar-refractivity contribution in [2.45, 2.75) is 25.1 Å². The number of fused-ring (bicyclic) bond motifs is 1. The van der Waals surface area contributed by atoms with Crippen LogP contribution in [0, 0.1) is 0 Å². The molecule has 1 aromatic rings. The van der Waals surface area contributed by atoms with E-state index < -0.39 is 0 Å². The highest BCUT2D eigenvalue weighted by molar-refractivity contribution is 5.78. The van der Waals surface area contributed by atoms with E-state index in [1.54, 1.807) is 6.20 Å². The summed E-state index contributed by atoms with van der Waals surface area (Å²) in [6, 6.07) is 2.11. The zero-order chi connectivity index (χ0) is 11.7. The van der Waals surface area contributed by atoms with Crippen molar-refractivity contribution in [1.29, 1.82) is 0 Å². The van der Waals surface area contributed by atoms with E-state index in [0.717, 1.165) is 31.7 Å². The predicted octanol–water partition coefficient (Wildman–Crippen LogP) is -0.501. The van der Waals surface area contributed by atoms with Crippen LogP contribution >= 0.6 is 0 Å². The second-order valence-electron chi connectivity index (χ2n) is 4.63. The van der Waals surface area contributed by atoms with Gasteiger partial charge in [-0.3, -0.25) is 14.8 Å². The van der Waals surface area contributed by atoms with E-state index in [-0.39, 0.29) is 24.7 Å². The van der Waals surface area contributed by atoms with E-state index in [9.17, 15) is 4.79 Å². The summed E-state index contributed by atoms with van der Waals surface area (Å²) in [5.74, 6) is -0.00496. The van der Waals surface area contributed by atoms with Crippen molar-refractivity contribution in [2.75, 3.05) is 19.7 Å². The van der Waals surface area contributed by atoms with Gasteiger partial charge >= 0.3 is 0 Å². The van der Waals surface area contributed by atoms with E-state index in [4.69, 9.17) is 4.74 Å². The molecule has 3 rings (SSSR count). The lowest BCUT2D eigenvalue weighted by Gasteiger charge is -2.40. The number of aromatic nitrogens is 2. The van der Waals surface area contributed by atoms with Gasteiger partial charge in [0.05, 0.1) is 12.1 Å². The summed E-state index contributed by atoms with van der Waals surface area (Å²) in [6.45, 7) is 2.90. The molecule has 0 unspecified atom stereocenters. The van der Waals surface area contributed by atoms with Crippen LogP contribution < -0.4 is 5.32 Å². The van der Waals surface area contributed by atoms with Gasteiger partial charge in [0.25, 0.3) is 0 Å². The Kier molecular flexibility index (Phi) is 2.82. The first-order chi connectivity index (χ1) is 8.31. The Morgan fingerprint density at radius 3 is 3.35 bits per heavy atom. The van der Waals surface area contributed by atoms with Crippen LogP contribution in [0.25, 0.3) is 0 Å². The van der Waals surface area contributed by atoms with Crippen LogP contribution in [0.15, 0.2) is 12.3 Å². The molecule has 3 heterocycles. The van der Waals surface area contributed by atoms with Crippen LogP contribution in [-0.2, 0) is 16.1 Å². The van der Waals surface area contributed by atoms with Gasteiger partial charge in [-0.05, 0) is 12.5 Å². The number of hydrogen-bond donors (Lipinski definition) is 2. The number of carbonyl (C=O) groups excluding carboxylic acids is 1. The van der Waals surface area contributed by atoms with Crippen LogP contribution in [0.1, 0.15) is 12.1 Å². The number of ether oxygens (including phenoxy) is 1. The number of nitrogens with one attached hydrogen (secondary N) is 2. The lowest BCUT2D eigenvalue weighted by atomic mass is 10.0. The molecule has 0 saturated carbocycles. The highest BCUT2D eigenvalue weighted by Gasteiger charge is 2.34. The molecule has 0 aliphatic carbocycles. The fraction of sp³-hybridized carbons (Fsp3) is 0.636. The standard InChI is InChI=1S/C11H16N4O2/c16-11-7-17-10-2-4-15(6-9(10)13-11)5-8-1-3-12-14-8/h1,3,9-10H,2,4-7H2,(H,12,14)(H,13,16)/t9-,10+/m0/s1. The number of carbonyl (C=O) groups is 1. The lowest BCUT2D eigenvalue weighted by molar-refractivity contribution is -0.140. The fourth-order valence-electron chi connectivity index (χ4n) is 2.52. The number of aromatic amines is 1. The Hall–Kier alpha value is -1.40. The molecule has 2 aliphatic heterocycles. The van der Waals surface area contributed by atoms with Crippen molar-refractivity contribution in [2.24, 2.45) is 0 Å². The molecular formula is C11H16N4O2. The summed E-state index contributed by atoms with van der Waals surface area (Å²) in [6.07, 6.45) is 2.91. The number of rotatable bonds is 2. The van der Waals surface area contributed by atoms with Crippen molar-refractivity contribution in [1.82, 2.24) is 20.4 Å². The van der Waals surface area contributed by atoms with Crippen molar-refractivity contribution < 1.29 is 9.53 Å². The van der Waals surface area contributed by atoms with Gasteiger partial charge in [-0.1, -0.05) is 0 Å². The molecule has 2 atom stereocenters. The van der Waals surface area contributed by atoms with Gasteiger partial charge in [-0.2, -0.15) is 5.10 Å². The smallest absolute Gasteiger partial charge is 0.246 e. The van der Waals surface area contributed by atoms with E-state index in [0.29, 0.717) is 0 Å². The Labute approximate surface area is 99.3 Å². The molecule has 2 fully saturated rings. The molecule has 6 heteroatoms. The Morgan fingerprint density at radius 2 is 2.53 bits per heavy atom. The number of piperidine rings is 1. The Morgan fingerprint density at radius 1 is 1.59 bits per heavy atom. The van der Waals surface area contributed by atoms with Gasteiger partial charge < -0.3 is 10.1 Å². The molecule has 2 saturated heterocycles. The number of hydrogen-bond acceptors (Lipinski definition) is 4. The maximum Gasteiger partial charge on any atom is 0.246 e. The summed E-state index contributed by atoms with van der Waals surface area (Å²) in [5, 5.41) is 9.89. The molecule has 17 heavy (non-hydrogen) atoms. The van der Waals surface area contributed by atoms with Gasteiger partial charge in [0.15, 0.2) is 0 Å². The van der Waals surface area contributed by atoms with Gasteiger partial charge in [0, 0.05) is 31.5 Å². The molecule has 1 amide bonds. The molecule has 0 radical (unpaired) electrons. The molecule has 1 aromatic heterocycles. The highest BCUT2D eigenvalue weighted by Crippen LogP contribution is 2.18. The lowest BCUT2D eigenvalue weighted by Crippen LogP contribution is -2.60. The maximum absolute atomic E-state index is 11.3. The number of H-pyrrole nitrogens is 1. The third-order valence-electron chi connectivity index (χ3n) is 3.36. The summed E-state index contributed by atoms with van der Waals surface area (Å²) in [4.78, 5) is 13.6. The number of amides is 1. The first-order valence-corrected chi connectivity index (χ1v) is 5.93. The second kappa shape index (κ2) is 4.46. The topological polar surface area (TPSA) is 70.2 Å². The summed E-state index contributed by atoms with van der Waals surface area (Å²) in [7, 11) is 0. The van der Waals surface area contributed by atoms with E-state index in [1.807, 2.05) is 6.07 Å². The van der Waals surface area contributed by atoms with Crippen molar-refractivity contribution in [3.05, 3.63) is 18.0 Å². The largest absolute Gasteiger partial charge is 0.366 e. The maximum atomic E-state index is 11.3. The average Bonchev–Trinajstić information content (AvgIpc) is 2.81. The summed E-state index contributed by atoms with van der Waals surface area (Å²) < 4.78 is 5.52. The quantitative estimate of drug-likeness (QED) is 0.726. The predicted molar refractivity (Wildman–Crippen MR) is 60.2 cm³/mol. The van der Waals surface area contributed by atoms with Gasteiger partial charge in [-0.25, -0.2) is 0 Å². The Bertz CT molecular complexity index is 392. The zero-order valence-electron chi connectivity index (χ0n) is 9.56. The first kappa shape index (κ1) is 10.7. The normalized spacial score (nSPS) is 29.8. The highest BCUT2D eigenvalue weighted by atomic mass is 16.5. The van der Waals surface area contributed by atoms with Gasteiger partial charge in [0.2, 0.25) is 5.91 Å². The van der Waals surface area contributed by atoms with Crippen LogP contribution in [0.3, 0.4) is 0 Å². The third kappa shape index (κ3) is 2.32. The third-order valence-corrected chi connectivity index (χ3v) is 3.36. The molecular weight excluding hydrogens is 220 g/mol. The Balaban J connectivity index is 1.60. The minimum atomic E-state index is -0.00496. The van der Waals surface area contributed by atoms with E-state index in [1.165, 1.54) is 0 Å². The van der Waals surface area contributed by atoms with Crippen LogP contribution in [-0.4, -0.2) is 52.8 Å². The van der Waals surface area contributed by atoms with Crippen LogP contribution in [0.4, 0.5) is 0 Å². The van der Waals surface area contributed by atoms with Gasteiger partial charge in [-0.15, -0.1) is 0 Å². The number of morpholine rings is 1. The molecule has 0 bridgehead atoms. The van der Waals surface area contributed by atoms with Crippen molar-refractivity contribution in [3.63, 3.8) is 0 Å². The molecule has 2 N–H and O–H groups in total. The van der Waals surface area contributed by atoms with Crippen LogP contribution in [0.2, 0.25) is 0 Å². The van der Waals surface area contributed by atoms with E-state index in [2.05, 4.69) is 20.4 Å². The number of likely N-dealkylation sites (tertiary alicyclic amines) is 1. The summed E-state index contributed by atoms with van der Waals surface area (Å²) in [5.41, 5.74) is 1.10. The molecule has 6 nitrogen and oxygen atoms in total. The van der Waals surface area contributed by atoms with Gasteiger partial charge in [0.1, 0.15) is 6.61 Å². The van der Waals surface area contributed by atoms with Crippen LogP contribution in [0.5, 0.6) is 0 Å². The van der Waals surface area contributed by atoms with Crippen molar-refractivity contribution >= 4 is 5.91 Å². The number of nitrogens with zero attached hydrogens (tertiary/aromatic N) is 2. The molecule has 0 spiro atoms. The van der Waals surface area contributed by atoms with E-state index >= 15 is 0 Å². The fourth-order valence-corrected chi connectivity index (χ4v) is 2.52. The second-order valence-corrected chi connectivity index (χ2v) is 4.63. The minimum absolute atomic E-state index is 0.00496. The SMILES string of the molecule is O=C1CO[C@@H]2CCN(Cc3ccn[nH]3)C[C@@H]2N1. The van der Waals surface area contributed by atoms with Crippen molar-refractivity contribution in [3.8, 4) is 0 Å². The molecule has 0 aromatic carbocycles. The zero-order valence-corrected chi connectivity index (χ0v) is 9.56. The average molecular weight is 236 g/mol. The first-order valence-electron chi connectivity index (χ1n) is 5.93. The monoisotopic (exact) mass is 236 g/mol.